The summed E-state index contributed by atoms with van der Waals surface area (Å²) in [5.74, 6) is -0.750. The largest absolute Gasteiger partial charge is 0.481 e. The van der Waals surface area contributed by atoms with Gasteiger partial charge >= 0.3 is 5.97 Å². The molecule has 1 heterocycles. The molecule has 3 nitrogen and oxygen atoms in total. The number of aryl methyl sites for hydroxylation is 1. The van der Waals surface area contributed by atoms with Gasteiger partial charge in [-0.25, -0.2) is 0 Å². The van der Waals surface area contributed by atoms with Crippen LogP contribution in [-0.2, 0) is 4.79 Å². The van der Waals surface area contributed by atoms with Crippen LogP contribution in [0.25, 0.3) is 0 Å². The minimum absolute atomic E-state index is 0.00644. The van der Waals surface area contributed by atoms with Gasteiger partial charge in [0.25, 0.3) is 0 Å². The first-order valence-electron chi connectivity index (χ1n) is 4.63. The van der Waals surface area contributed by atoms with Gasteiger partial charge in [0, 0.05) is 22.2 Å². The van der Waals surface area contributed by atoms with Gasteiger partial charge in [-0.15, -0.1) is 11.3 Å². The van der Waals surface area contributed by atoms with Gasteiger partial charge in [-0.05, 0) is 31.9 Å². The standard InChI is InChI=1S/C10H15NO2S/c1-7-5-6-9(14-7)8(11)3-2-4-10(12)13/h5-6,8H,2-4,11H2,1H3,(H,12,13). The van der Waals surface area contributed by atoms with Gasteiger partial charge in [0.2, 0.25) is 0 Å². The zero-order chi connectivity index (χ0) is 10.6. The van der Waals surface area contributed by atoms with Gasteiger partial charge < -0.3 is 10.8 Å². The van der Waals surface area contributed by atoms with E-state index < -0.39 is 5.97 Å². The van der Waals surface area contributed by atoms with Crippen LogP contribution in [0, 0.1) is 6.92 Å². The Morgan fingerprint density at radius 2 is 2.36 bits per heavy atom. The van der Waals surface area contributed by atoms with Crippen molar-refractivity contribution >= 4 is 17.3 Å². The SMILES string of the molecule is Cc1ccc(C(N)CCCC(=O)O)s1. The van der Waals surface area contributed by atoms with Gasteiger partial charge in [0.15, 0.2) is 0 Å². The summed E-state index contributed by atoms with van der Waals surface area (Å²) in [6, 6.07) is 4.05. The summed E-state index contributed by atoms with van der Waals surface area (Å²) in [6.45, 7) is 2.04. The highest BCUT2D eigenvalue weighted by atomic mass is 32.1. The van der Waals surface area contributed by atoms with E-state index in [0.29, 0.717) is 6.42 Å². The second kappa shape index (κ2) is 5.12. The van der Waals surface area contributed by atoms with Crippen LogP contribution in [0.15, 0.2) is 12.1 Å². The molecule has 0 amide bonds. The molecule has 4 heteroatoms. The van der Waals surface area contributed by atoms with Crippen LogP contribution < -0.4 is 5.73 Å². The molecule has 14 heavy (non-hydrogen) atoms. The van der Waals surface area contributed by atoms with Crippen molar-refractivity contribution in [2.75, 3.05) is 0 Å². The average Bonchev–Trinajstić information content (AvgIpc) is 2.51. The van der Waals surface area contributed by atoms with E-state index in [2.05, 4.69) is 0 Å². The Labute approximate surface area is 87.6 Å². The molecule has 0 saturated heterocycles. The number of rotatable bonds is 5. The summed E-state index contributed by atoms with van der Waals surface area (Å²) in [4.78, 5) is 12.7. The Bertz CT molecular complexity index is 309. The van der Waals surface area contributed by atoms with Gasteiger partial charge in [0.05, 0.1) is 0 Å². The lowest BCUT2D eigenvalue weighted by molar-refractivity contribution is -0.137. The van der Waals surface area contributed by atoms with Crippen molar-refractivity contribution in [2.45, 2.75) is 32.2 Å². The number of hydrogen-bond donors (Lipinski definition) is 2. The smallest absolute Gasteiger partial charge is 0.303 e. The van der Waals surface area contributed by atoms with Gasteiger partial charge in [-0.1, -0.05) is 0 Å². The molecular weight excluding hydrogens is 198 g/mol. The first-order chi connectivity index (χ1) is 6.59. The van der Waals surface area contributed by atoms with Crippen molar-refractivity contribution < 1.29 is 9.90 Å². The molecule has 1 aromatic heterocycles. The molecule has 1 unspecified atom stereocenters. The Kier molecular flexibility index (Phi) is 4.10. The molecule has 0 fully saturated rings. The number of carboxylic acid groups (broad SMARTS) is 1. The topological polar surface area (TPSA) is 63.3 Å². The highest BCUT2D eigenvalue weighted by Crippen LogP contribution is 2.24. The lowest BCUT2D eigenvalue weighted by Crippen LogP contribution is -2.09. The molecule has 0 aliphatic heterocycles. The molecule has 1 aromatic rings. The molecule has 0 saturated carbocycles. The Morgan fingerprint density at radius 3 is 2.86 bits per heavy atom. The summed E-state index contributed by atoms with van der Waals surface area (Å²) >= 11 is 1.68. The Hall–Kier alpha value is -0.870. The van der Waals surface area contributed by atoms with E-state index >= 15 is 0 Å². The monoisotopic (exact) mass is 213 g/mol. The van der Waals surface area contributed by atoms with Crippen molar-refractivity contribution in [2.24, 2.45) is 5.73 Å². The molecule has 1 rings (SSSR count). The molecule has 0 bridgehead atoms. The third kappa shape index (κ3) is 3.47. The zero-order valence-electron chi connectivity index (χ0n) is 8.19. The summed E-state index contributed by atoms with van der Waals surface area (Å²) in [6.07, 6.45) is 1.59. The predicted molar refractivity (Wildman–Crippen MR) is 57.5 cm³/mol. The summed E-state index contributed by atoms with van der Waals surface area (Å²) < 4.78 is 0. The average molecular weight is 213 g/mol. The first-order valence-corrected chi connectivity index (χ1v) is 5.45. The number of hydrogen-bond acceptors (Lipinski definition) is 3. The van der Waals surface area contributed by atoms with E-state index in [1.165, 1.54) is 4.88 Å². The van der Waals surface area contributed by atoms with E-state index in [1.807, 2.05) is 19.1 Å². The quantitative estimate of drug-likeness (QED) is 0.789. The lowest BCUT2D eigenvalue weighted by Gasteiger charge is -2.07. The van der Waals surface area contributed by atoms with E-state index in [4.69, 9.17) is 10.8 Å². The Balaban J connectivity index is 2.35. The highest BCUT2D eigenvalue weighted by Gasteiger charge is 2.08. The summed E-state index contributed by atoms with van der Waals surface area (Å²) in [5.41, 5.74) is 5.91. The van der Waals surface area contributed by atoms with Crippen molar-refractivity contribution in [3.63, 3.8) is 0 Å². The number of nitrogens with two attached hydrogens (primary N) is 1. The van der Waals surface area contributed by atoms with Crippen LogP contribution in [0.5, 0.6) is 0 Å². The molecule has 3 N–H and O–H groups in total. The fourth-order valence-corrected chi connectivity index (χ4v) is 2.18. The van der Waals surface area contributed by atoms with Crippen molar-refractivity contribution in [3.8, 4) is 0 Å². The van der Waals surface area contributed by atoms with E-state index in [1.54, 1.807) is 11.3 Å². The van der Waals surface area contributed by atoms with Crippen LogP contribution in [0.1, 0.15) is 35.1 Å². The third-order valence-electron chi connectivity index (χ3n) is 2.03. The fraction of sp³-hybridized carbons (Fsp3) is 0.500. The van der Waals surface area contributed by atoms with Crippen molar-refractivity contribution in [1.29, 1.82) is 0 Å². The minimum Gasteiger partial charge on any atom is -0.481 e. The van der Waals surface area contributed by atoms with E-state index in [-0.39, 0.29) is 12.5 Å². The first kappa shape index (κ1) is 11.2. The molecular formula is C10H15NO2S. The van der Waals surface area contributed by atoms with Gasteiger partial charge in [-0.2, -0.15) is 0 Å². The van der Waals surface area contributed by atoms with Gasteiger partial charge in [-0.3, -0.25) is 4.79 Å². The number of thiophene rings is 1. The molecule has 78 valence electrons. The maximum absolute atomic E-state index is 10.3. The molecule has 0 spiro atoms. The third-order valence-corrected chi connectivity index (χ3v) is 3.16. The van der Waals surface area contributed by atoms with Crippen molar-refractivity contribution in [1.82, 2.24) is 0 Å². The number of carboxylic acids is 1. The van der Waals surface area contributed by atoms with E-state index in [0.717, 1.165) is 11.3 Å². The van der Waals surface area contributed by atoms with E-state index in [9.17, 15) is 4.79 Å². The highest BCUT2D eigenvalue weighted by molar-refractivity contribution is 7.12. The minimum atomic E-state index is -0.750. The summed E-state index contributed by atoms with van der Waals surface area (Å²) in [7, 11) is 0. The summed E-state index contributed by atoms with van der Waals surface area (Å²) in [5, 5.41) is 8.46. The fourth-order valence-electron chi connectivity index (χ4n) is 1.27. The predicted octanol–water partition coefficient (Wildman–Crippen LogP) is 2.31. The van der Waals surface area contributed by atoms with Gasteiger partial charge in [0.1, 0.15) is 0 Å². The maximum Gasteiger partial charge on any atom is 0.303 e. The van der Waals surface area contributed by atoms with Crippen LogP contribution in [0.3, 0.4) is 0 Å². The molecule has 0 aromatic carbocycles. The van der Waals surface area contributed by atoms with Crippen LogP contribution in [0.4, 0.5) is 0 Å². The maximum atomic E-state index is 10.3. The second-order valence-corrected chi connectivity index (χ2v) is 4.66. The van der Waals surface area contributed by atoms with Crippen LogP contribution in [-0.4, -0.2) is 11.1 Å². The molecule has 1 atom stereocenters. The molecule has 0 aliphatic rings. The Morgan fingerprint density at radius 1 is 1.64 bits per heavy atom. The van der Waals surface area contributed by atoms with Crippen LogP contribution in [0.2, 0.25) is 0 Å². The normalized spacial score (nSPS) is 12.7. The zero-order valence-corrected chi connectivity index (χ0v) is 9.01. The lowest BCUT2D eigenvalue weighted by atomic mass is 10.1. The number of carbonyl (C=O) groups is 1. The molecule has 0 aliphatic carbocycles. The number of aliphatic carboxylic acids is 1. The second-order valence-electron chi connectivity index (χ2n) is 3.34. The molecule has 0 radical (unpaired) electrons. The van der Waals surface area contributed by atoms with Crippen LogP contribution >= 0.6 is 11.3 Å². The van der Waals surface area contributed by atoms with Crippen molar-refractivity contribution in [3.05, 3.63) is 21.9 Å².